The molecule has 0 saturated carbocycles. The minimum Gasteiger partial charge on any atom is -0.464 e. The van der Waals surface area contributed by atoms with Gasteiger partial charge in [0, 0.05) is 23.8 Å². The van der Waals surface area contributed by atoms with Gasteiger partial charge in [-0.25, -0.2) is 14.8 Å². The maximum Gasteiger partial charge on any atom is 0.328 e. The summed E-state index contributed by atoms with van der Waals surface area (Å²) >= 11 is 0. The summed E-state index contributed by atoms with van der Waals surface area (Å²) < 4.78 is 5.28. The van der Waals surface area contributed by atoms with E-state index < -0.39 is 6.04 Å². The predicted molar refractivity (Wildman–Crippen MR) is 146 cm³/mol. The fourth-order valence-electron chi connectivity index (χ4n) is 5.62. The molecule has 1 amide bonds. The van der Waals surface area contributed by atoms with E-state index in [4.69, 9.17) is 9.72 Å². The van der Waals surface area contributed by atoms with Crippen molar-refractivity contribution in [3.8, 4) is 0 Å². The number of hydrogen-bond acceptors (Lipinski definition) is 7. The molecule has 4 rings (SSSR count). The Morgan fingerprint density at radius 1 is 1.05 bits per heavy atom. The molecule has 2 atom stereocenters. The van der Waals surface area contributed by atoms with E-state index in [-0.39, 0.29) is 17.9 Å². The highest BCUT2D eigenvalue weighted by Gasteiger charge is 2.33. The zero-order valence-electron chi connectivity index (χ0n) is 22.9. The molecule has 0 aromatic carbocycles. The molecule has 2 aromatic rings. The van der Waals surface area contributed by atoms with E-state index in [1.807, 2.05) is 0 Å². The zero-order chi connectivity index (χ0) is 26.6. The number of hydrogen-bond donors (Lipinski definition) is 1. The minimum atomic E-state index is -0.599. The second kappa shape index (κ2) is 14.9. The molecular weight excluding hydrogens is 478 g/mol. The summed E-state index contributed by atoms with van der Waals surface area (Å²) in [6, 6.07) is 5.40. The van der Waals surface area contributed by atoms with Crippen LogP contribution >= 0.6 is 0 Å². The monoisotopic (exact) mass is 521 g/mol. The number of pyridine rings is 1. The Morgan fingerprint density at radius 3 is 2.68 bits per heavy atom. The third-order valence-electron chi connectivity index (χ3n) is 7.68. The van der Waals surface area contributed by atoms with Gasteiger partial charge in [0.15, 0.2) is 0 Å². The quantitative estimate of drug-likeness (QED) is 0.292. The van der Waals surface area contributed by atoms with E-state index in [0.717, 1.165) is 64.3 Å². The van der Waals surface area contributed by atoms with E-state index in [9.17, 15) is 9.59 Å². The number of fused-ring (bicyclic) bond motifs is 1. The second-order valence-electron chi connectivity index (χ2n) is 10.5. The largest absolute Gasteiger partial charge is 0.464 e. The van der Waals surface area contributed by atoms with Gasteiger partial charge >= 0.3 is 5.97 Å². The fourth-order valence-corrected chi connectivity index (χ4v) is 5.62. The lowest BCUT2D eigenvalue weighted by molar-refractivity contribution is -0.148. The fraction of sp³-hybridized carbons (Fsp3) is 0.633. The van der Waals surface area contributed by atoms with Crippen molar-refractivity contribution < 1.29 is 14.3 Å². The number of rotatable bonds is 14. The normalized spacial score (nSPS) is 18.1. The average molecular weight is 522 g/mol. The summed E-state index contributed by atoms with van der Waals surface area (Å²) in [5, 5.41) is 3.00. The molecule has 2 aromatic heterocycles. The molecule has 1 fully saturated rings. The Morgan fingerprint density at radius 2 is 1.84 bits per heavy atom. The van der Waals surface area contributed by atoms with E-state index >= 15 is 0 Å². The first kappa shape index (κ1) is 28.1. The highest BCUT2D eigenvalue weighted by molar-refractivity contribution is 5.87. The Balaban J connectivity index is 1.18. The van der Waals surface area contributed by atoms with E-state index in [1.165, 1.54) is 36.2 Å². The number of carbonyl (C=O) groups excluding carboxylic acids is 2. The Hall–Kier alpha value is -2.87. The van der Waals surface area contributed by atoms with Crippen molar-refractivity contribution in [1.29, 1.82) is 0 Å². The molecule has 0 spiro atoms. The first-order chi connectivity index (χ1) is 18.6. The predicted octanol–water partition coefficient (Wildman–Crippen LogP) is 4.35. The first-order valence-corrected chi connectivity index (χ1v) is 14.6. The summed E-state index contributed by atoms with van der Waals surface area (Å²) in [5.74, 6) is 0.265. The van der Waals surface area contributed by atoms with Gasteiger partial charge in [0.2, 0.25) is 5.91 Å². The molecule has 1 saturated heterocycles. The van der Waals surface area contributed by atoms with E-state index in [2.05, 4.69) is 32.3 Å². The van der Waals surface area contributed by atoms with Crippen LogP contribution in [0.2, 0.25) is 0 Å². The molecule has 2 aliphatic rings. The maximum absolute atomic E-state index is 13.2. The van der Waals surface area contributed by atoms with Crippen LogP contribution in [0.4, 0.5) is 0 Å². The highest BCUT2D eigenvalue weighted by Crippen LogP contribution is 2.21. The molecule has 8 heteroatoms. The Labute approximate surface area is 227 Å². The van der Waals surface area contributed by atoms with Crippen molar-refractivity contribution in [3.05, 3.63) is 53.4 Å². The third kappa shape index (κ3) is 8.32. The molecule has 206 valence electrons. The van der Waals surface area contributed by atoms with Crippen LogP contribution in [-0.2, 0) is 40.1 Å². The van der Waals surface area contributed by atoms with Crippen LogP contribution in [0.3, 0.4) is 0 Å². The smallest absolute Gasteiger partial charge is 0.328 e. The topological polar surface area (TPSA) is 97.3 Å². The molecule has 0 radical (unpaired) electrons. The molecule has 1 N–H and O–H groups in total. The van der Waals surface area contributed by atoms with Crippen LogP contribution in [-0.4, -0.2) is 57.0 Å². The summed E-state index contributed by atoms with van der Waals surface area (Å²) in [6.07, 6.45) is 16.9. The highest BCUT2D eigenvalue weighted by atomic mass is 16.5. The van der Waals surface area contributed by atoms with Crippen molar-refractivity contribution in [3.63, 3.8) is 0 Å². The van der Waals surface area contributed by atoms with Gasteiger partial charge in [0.05, 0.1) is 19.2 Å². The zero-order valence-corrected chi connectivity index (χ0v) is 22.9. The molecule has 0 bridgehead atoms. The molecule has 38 heavy (non-hydrogen) atoms. The van der Waals surface area contributed by atoms with Crippen LogP contribution in [0.1, 0.15) is 93.9 Å². The number of esters is 1. The number of likely N-dealkylation sites (tertiary alicyclic amines) is 1. The maximum atomic E-state index is 13.2. The molecule has 3 heterocycles. The van der Waals surface area contributed by atoms with Crippen LogP contribution < -0.4 is 5.32 Å². The van der Waals surface area contributed by atoms with E-state index in [1.54, 1.807) is 25.4 Å². The molecular formula is C30H43N5O3. The summed E-state index contributed by atoms with van der Waals surface area (Å²) in [5.41, 5.74) is 3.97. The number of unbranched alkanes of at least 4 members (excludes halogenated alkanes) is 4. The van der Waals surface area contributed by atoms with Gasteiger partial charge in [0.1, 0.15) is 11.9 Å². The van der Waals surface area contributed by atoms with Gasteiger partial charge in [-0.3, -0.25) is 14.7 Å². The number of aromatic nitrogens is 3. The number of nitrogens with one attached hydrogen (secondary N) is 1. The average Bonchev–Trinajstić information content (AvgIpc) is 3.40. The summed E-state index contributed by atoms with van der Waals surface area (Å²) in [7, 11) is 0. The lowest BCUT2D eigenvalue weighted by Gasteiger charge is -2.25. The number of amides is 1. The van der Waals surface area contributed by atoms with Crippen LogP contribution in [0, 0.1) is 0 Å². The van der Waals surface area contributed by atoms with Crippen LogP contribution in [0.5, 0.6) is 0 Å². The number of aryl methyl sites for hydroxylation is 3. The number of nitrogens with zero attached hydrogens (tertiary/aromatic N) is 4. The van der Waals surface area contributed by atoms with E-state index in [0.29, 0.717) is 25.4 Å². The van der Waals surface area contributed by atoms with Gasteiger partial charge in [-0.2, -0.15) is 0 Å². The van der Waals surface area contributed by atoms with Crippen molar-refractivity contribution in [2.45, 2.75) is 109 Å². The first-order valence-electron chi connectivity index (χ1n) is 14.6. The van der Waals surface area contributed by atoms with Crippen molar-refractivity contribution in [1.82, 2.24) is 25.2 Å². The Kier molecular flexibility index (Phi) is 11.0. The minimum absolute atomic E-state index is 0.103. The lowest BCUT2D eigenvalue weighted by Crippen LogP contribution is -2.49. The summed E-state index contributed by atoms with van der Waals surface area (Å²) in [4.78, 5) is 41.4. The SMILES string of the molecule is CCOC(=O)[C@H](CCCCCCCc1ccc2c(n1)CCCC2)NC(=O)[C@@H]1CCCN1Cc1ncccn1. The van der Waals surface area contributed by atoms with Crippen LogP contribution in [0.15, 0.2) is 30.6 Å². The Bertz CT molecular complexity index is 1030. The molecule has 1 aliphatic heterocycles. The van der Waals surface area contributed by atoms with Crippen molar-refractivity contribution in [2.24, 2.45) is 0 Å². The van der Waals surface area contributed by atoms with Gasteiger partial charge in [-0.15, -0.1) is 0 Å². The molecule has 8 nitrogen and oxygen atoms in total. The number of carbonyl (C=O) groups is 2. The van der Waals surface area contributed by atoms with Crippen LogP contribution in [0.25, 0.3) is 0 Å². The van der Waals surface area contributed by atoms with Gasteiger partial charge in [-0.1, -0.05) is 31.7 Å². The lowest BCUT2D eigenvalue weighted by atomic mass is 9.95. The molecule has 0 unspecified atom stereocenters. The van der Waals surface area contributed by atoms with Crippen molar-refractivity contribution in [2.75, 3.05) is 13.2 Å². The summed E-state index contributed by atoms with van der Waals surface area (Å²) in [6.45, 7) is 3.46. The van der Waals surface area contributed by atoms with Gasteiger partial charge in [-0.05, 0) is 89.0 Å². The molecule has 1 aliphatic carbocycles. The van der Waals surface area contributed by atoms with Crippen molar-refractivity contribution >= 4 is 11.9 Å². The van der Waals surface area contributed by atoms with Gasteiger partial charge in [0.25, 0.3) is 0 Å². The number of ether oxygens (including phenoxy) is 1. The third-order valence-corrected chi connectivity index (χ3v) is 7.68. The van der Waals surface area contributed by atoms with Gasteiger partial charge < -0.3 is 10.1 Å². The standard InChI is InChI=1S/C30H43N5O3/c1-2-38-30(37)26(34-29(36)27-16-10-21-35(27)22-28-31-19-11-20-32-28)15-7-5-3-4-6-13-24-18-17-23-12-8-9-14-25(23)33-24/h11,17-20,26-27H,2-10,12-16,21-22H2,1H3,(H,34,36)/t26-,27-/m0/s1. The second-order valence-corrected chi connectivity index (χ2v) is 10.5.